The Kier molecular flexibility index (Phi) is 6.41. The highest BCUT2D eigenvalue weighted by molar-refractivity contribution is 6.14. The lowest BCUT2D eigenvalue weighted by atomic mass is 10.0. The summed E-state index contributed by atoms with van der Waals surface area (Å²) < 4.78 is 14.0. The molecule has 0 unspecified atom stereocenters. The lowest BCUT2D eigenvalue weighted by molar-refractivity contribution is 0.478. The second-order valence-corrected chi connectivity index (χ2v) is 15.3. The summed E-state index contributed by atoms with van der Waals surface area (Å²) in [5.41, 5.74) is 14.9. The number of aromatic nitrogens is 3. The van der Waals surface area contributed by atoms with Crippen LogP contribution >= 0.6 is 0 Å². The summed E-state index contributed by atoms with van der Waals surface area (Å²) in [6.45, 7) is 0. The molecule has 0 spiro atoms. The molecule has 0 radical (unpaired) electrons. The first-order chi connectivity index (χ1) is 28.8. The van der Waals surface area contributed by atoms with Crippen molar-refractivity contribution in [2.75, 3.05) is 0 Å². The zero-order valence-electron chi connectivity index (χ0n) is 31.3. The van der Waals surface area contributed by atoms with Crippen LogP contribution in [0.1, 0.15) is 0 Å². The van der Waals surface area contributed by atoms with E-state index < -0.39 is 0 Å². The van der Waals surface area contributed by atoms with Gasteiger partial charge < -0.3 is 18.4 Å². The van der Waals surface area contributed by atoms with Gasteiger partial charge in [0.2, 0.25) is 0 Å². The van der Waals surface area contributed by atoms with Crippen LogP contribution < -0.4 is 4.74 Å². The van der Waals surface area contributed by atoms with Gasteiger partial charge in [0.05, 0.1) is 38.8 Å². The maximum atomic E-state index is 6.80. The lowest BCUT2D eigenvalue weighted by Gasteiger charge is -2.23. The van der Waals surface area contributed by atoms with E-state index in [9.17, 15) is 0 Å². The van der Waals surface area contributed by atoms with Gasteiger partial charge in [0.25, 0.3) is 0 Å². The number of benzene rings is 9. The average molecular weight is 740 g/mol. The maximum absolute atomic E-state index is 6.80. The molecule has 1 aliphatic heterocycles. The van der Waals surface area contributed by atoms with Crippen molar-refractivity contribution in [3.8, 4) is 50.8 Å². The molecule has 4 heteroatoms. The minimum atomic E-state index is 0.875. The number of rotatable bonds is 4. The number of ether oxygens (including phenoxy) is 1. The fourth-order valence-corrected chi connectivity index (χ4v) is 9.69. The Morgan fingerprint density at radius 1 is 0.310 bits per heavy atom. The van der Waals surface area contributed by atoms with Crippen LogP contribution in [0.25, 0.3) is 105 Å². The van der Waals surface area contributed by atoms with Crippen molar-refractivity contribution >= 4 is 65.4 Å². The SMILES string of the molecule is c1ccc(-c2ccc3c(c2)c2cc(-n4c5ccccc5c5ccccc54)ccc2n3-c2ccc(-c3cccc4c3Oc3cccc5c6ccccc6n-4c35)cc2)cc1. The molecule has 58 heavy (non-hydrogen) atoms. The van der Waals surface area contributed by atoms with Crippen molar-refractivity contribution in [2.24, 2.45) is 0 Å². The van der Waals surface area contributed by atoms with E-state index in [1.165, 1.54) is 65.5 Å². The van der Waals surface area contributed by atoms with Crippen molar-refractivity contribution in [3.63, 3.8) is 0 Å². The van der Waals surface area contributed by atoms with Gasteiger partial charge in [0.15, 0.2) is 11.5 Å². The van der Waals surface area contributed by atoms with Gasteiger partial charge in [-0.2, -0.15) is 0 Å². The Morgan fingerprint density at radius 3 is 1.59 bits per heavy atom. The molecule has 0 saturated heterocycles. The number of nitrogens with zero attached hydrogens (tertiary/aromatic N) is 3. The smallest absolute Gasteiger partial charge is 0.159 e. The van der Waals surface area contributed by atoms with Crippen LogP contribution in [0.15, 0.2) is 200 Å². The van der Waals surface area contributed by atoms with Crippen molar-refractivity contribution in [1.82, 2.24) is 13.7 Å². The van der Waals surface area contributed by atoms with Crippen LogP contribution in [0.2, 0.25) is 0 Å². The van der Waals surface area contributed by atoms with Crippen LogP contribution in [0, 0.1) is 0 Å². The molecule has 3 aromatic heterocycles. The number of fused-ring (bicyclic) bond motifs is 11. The van der Waals surface area contributed by atoms with Gasteiger partial charge in [-0.15, -0.1) is 0 Å². The normalized spacial score (nSPS) is 12.3. The predicted molar refractivity (Wildman–Crippen MR) is 240 cm³/mol. The molecule has 0 bridgehead atoms. The van der Waals surface area contributed by atoms with Crippen LogP contribution in [-0.4, -0.2) is 13.7 Å². The van der Waals surface area contributed by atoms with Crippen LogP contribution in [0.3, 0.4) is 0 Å². The van der Waals surface area contributed by atoms with Crippen LogP contribution in [0.5, 0.6) is 11.5 Å². The molecule has 0 saturated carbocycles. The topological polar surface area (TPSA) is 24.0 Å². The van der Waals surface area contributed by atoms with Crippen LogP contribution in [0.4, 0.5) is 0 Å². The largest absolute Gasteiger partial charge is 0.452 e. The molecule has 1 aliphatic rings. The lowest BCUT2D eigenvalue weighted by Crippen LogP contribution is -2.05. The molecule has 0 N–H and O–H groups in total. The van der Waals surface area contributed by atoms with E-state index in [1.54, 1.807) is 0 Å². The van der Waals surface area contributed by atoms with Gasteiger partial charge >= 0.3 is 0 Å². The first-order valence-electron chi connectivity index (χ1n) is 19.8. The van der Waals surface area contributed by atoms with Crippen molar-refractivity contribution in [1.29, 1.82) is 0 Å². The third kappa shape index (κ3) is 4.34. The minimum Gasteiger partial charge on any atom is -0.452 e. The monoisotopic (exact) mass is 739 g/mol. The molecule has 270 valence electrons. The summed E-state index contributed by atoms with van der Waals surface area (Å²) in [6.07, 6.45) is 0. The minimum absolute atomic E-state index is 0.875. The summed E-state index contributed by atoms with van der Waals surface area (Å²) in [5, 5.41) is 7.39. The first kappa shape index (κ1) is 31.4. The second-order valence-electron chi connectivity index (χ2n) is 15.3. The molecule has 13 rings (SSSR count). The highest BCUT2D eigenvalue weighted by atomic mass is 16.5. The molecule has 0 amide bonds. The Labute approximate surface area is 333 Å². The summed E-state index contributed by atoms with van der Waals surface area (Å²) in [4.78, 5) is 0. The number of hydrogen-bond acceptors (Lipinski definition) is 1. The molecular formula is C54H33N3O. The summed E-state index contributed by atoms with van der Waals surface area (Å²) in [5.74, 6) is 1.75. The van der Waals surface area contributed by atoms with Gasteiger partial charge in [-0.05, 0) is 89.5 Å². The quantitative estimate of drug-likeness (QED) is 0.176. The van der Waals surface area contributed by atoms with Crippen molar-refractivity contribution in [3.05, 3.63) is 200 Å². The van der Waals surface area contributed by atoms with Gasteiger partial charge in [0.1, 0.15) is 0 Å². The summed E-state index contributed by atoms with van der Waals surface area (Å²) in [7, 11) is 0. The number of hydrogen-bond donors (Lipinski definition) is 0. The molecule has 9 aromatic carbocycles. The zero-order chi connectivity index (χ0) is 37.9. The van der Waals surface area contributed by atoms with Crippen LogP contribution in [-0.2, 0) is 0 Å². The van der Waals surface area contributed by atoms with E-state index in [1.807, 2.05) is 0 Å². The Balaban J connectivity index is 0.987. The molecular weight excluding hydrogens is 707 g/mol. The highest BCUT2D eigenvalue weighted by Gasteiger charge is 2.26. The molecule has 4 nitrogen and oxygen atoms in total. The summed E-state index contributed by atoms with van der Waals surface area (Å²) >= 11 is 0. The van der Waals surface area contributed by atoms with Gasteiger partial charge in [-0.3, -0.25) is 0 Å². The second kappa shape index (κ2) is 11.8. The van der Waals surface area contributed by atoms with Gasteiger partial charge in [0, 0.05) is 49.3 Å². The van der Waals surface area contributed by atoms with E-state index in [-0.39, 0.29) is 0 Å². The Bertz CT molecular complexity index is 3590. The molecule has 0 fully saturated rings. The Morgan fingerprint density at radius 2 is 0.845 bits per heavy atom. The van der Waals surface area contributed by atoms with E-state index in [2.05, 4.69) is 214 Å². The standard InChI is InChI=1S/C54H33N3O/c1-2-12-34(13-3-1)36-26-30-49-44(32-36)45-33-38(56-46-19-7-4-14-40(46)41-15-5-8-20-47(41)56)29-31-50(45)55(49)37-27-24-35(25-28-37)39-17-10-22-51-54(39)58-52-23-11-18-43-42-16-6-9-21-48(42)57(51)53(43)52/h1-33H. The van der Waals surface area contributed by atoms with Crippen molar-refractivity contribution < 1.29 is 4.74 Å². The van der Waals surface area contributed by atoms with Gasteiger partial charge in [-0.1, -0.05) is 127 Å². The van der Waals surface area contributed by atoms with E-state index >= 15 is 0 Å². The first-order valence-corrected chi connectivity index (χ1v) is 19.8. The molecule has 4 heterocycles. The fourth-order valence-electron chi connectivity index (χ4n) is 9.69. The van der Waals surface area contributed by atoms with Gasteiger partial charge in [-0.25, -0.2) is 0 Å². The fraction of sp³-hybridized carbons (Fsp3) is 0. The van der Waals surface area contributed by atoms with Crippen molar-refractivity contribution in [2.45, 2.75) is 0 Å². The summed E-state index contributed by atoms with van der Waals surface area (Å²) in [6, 6.07) is 72.4. The zero-order valence-corrected chi connectivity index (χ0v) is 31.3. The van der Waals surface area contributed by atoms with E-state index in [0.29, 0.717) is 0 Å². The third-order valence-corrected chi connectivity index (χ3v) is 12.2. The molecule has 0 aliphatic carbocycles. The van der Waals surface area contributed by atoms with E-state index in [0.717, 1.165) is 50.7 Å². The maximum Gasteiger partial charge on any atom is 0.159 e. The van der Waals surface area contributed by atoms with E-state index in [4.69, 9.17) is 4.74 Å². The molecule has 12 aromatic rings. The average Bonchev–Trinajstić information content (AvgIpc) is 3.93. The number of para-hydroxylation sites is 5. The highest BCUT2D eigenvalue weighted by Crippen LogP contribution is 2.49. The Hall–Kier alpha value is -7.82. The third-order valence-electron chi connectivity index (χ3n) is 12.2. The predicted octanol–water partition coefficient (Wildman–Crippen LogP) is 14.4. The molecule has 0 atom stereocenters.